The largest absolute Gasteiger partial charge is 0.493 e. The van der Waals surface area contributed by atoms with E-state index >= 15 is 0 Å². The number of piperidine rings is 1. The van der Waals surface area contributed by atoms with Gasteiger partial charge in [0.2, 0.25) is 15.9 Å². The summed E-state index contributed by atoms with van der Waals surface area (Å²) in [6.07, 6.45) is 1.02. The lowest BCUT2D eigenvalue weighted by Crippen LogP contribution is -2.47. The van der Waals surface area contributed by atoms with Gasteiger partial charge >= 0.3 is 0 Å². The maximum absolute atomic E-state index is 13.1. The van der Waals surface area contributed by atoms with Gasteiger partial charge in [0, 0.05) is 24.9 Å². The van der Waals surface area contributed by atoms with Crippen LogP contribution in [0, 0.1) is 11.2 Å². The molecule has 1 aliphatic heterocycles. The summed E-state index contributed by atoms with van der Waals surface area (Å²) in [7, 11) is -3.71. The van der Waals surface area contributed by atoms with E-state index in [0.29, 0.717) is 18.6 Å². The first-order valence-electron chi connectivity index (χ1n) is 9.03. The second kappa shape index (κ2) is 8.28. The van der Waals surface area contributed by atoms with Gasteiger partial charge < -0.3 is 10.5 Å². The Balaban J connectivity index is 1.71. The Bertz CT molecular complexity index is 909. The molecule has 0 radical (unpaired) electrons. The van der Waals surface area contributed by atoms with Gasteiger partial charge in [0.25, 0.3) is 0 Å². The van der Waals surface area contributed by atoms with E-state index in [2.05, 4.69) is 0 Å². The van der Waals surface area contributed by atoms with Gasteiger partial charge in [-0.15, -0.1) is 0 Å². The fraction of sp³-hybridized carbons (Fsp3) is 0.350. The number of ether oxygens (including phenoxy) is 1. The molecule has 6 nitrogen and oxygen atoms in total. The Labute approximate surface area is 164 Å². The van der Waals surface area contributed by atoms with Crippen molar-refractivity contribution in [1.82, 2.24) is 4.31 Å². The molecule has 0 aromatic heterocycles. The third-order valence-corrected chi connectivity index (χ3v) is 6.98. The molecule has 1 fully saturated rings. The quantitative estimate of drug-likeness (QED) is 0.765. The molecule has 150 valence electrons. The lowest BCUT2D eigenvalue weighted by atomic mass is 9.76. The van der Waals surface area contributed by atoms with Crippen LogP contribution in [0.4, 0.5) is 4.39 Å². The molecule has 1 saturated heterocycles. The zero-order valence-corrected chi connectivity index (χ0v) is 16.2. The number of para-hydroxylation sites is 1. The number of primary amides is 1. The summed E-state index contributed by atoms with van der Waals surface area (Å²) < 4.78 is 45.9. The minimum absolute atomic E-state index is 0.0526. The normalized spacial score (nSPS) is 17.2. The zero-order valence-electron chi connectivity index (χ0n) is 15.4. The maximum Gasteiger partial charge on any atom is 0.243 e. The number of hydrogen-bond acceptors (Lipinski definition) is 4. The highest BCUT2D eigenvalue weighted by atomic mass is 32.2. The van der Waals surface area contributed by atoms with Crippen LogP contribution in [0.5, 0.6) is 5.75 Å². The lowest BCUT2D eigenvalue weighted by Gasteiger charge is -2.40. The van der Waals surface area contributed by atoms with E-state index in [1.165, 1.54) is 16.4 Å². The molecule has 0 spiro atoms. The number of carbonyl (C=O) groups excluding carboxylic acids is 1. The molecule has 0 saturated carbocycles. The summed E-state index contributed by atoms with van der Waals surface area (Å²) in [5, 5.41) is 0. The third-order valence-electron chi connectivity index (χ3n) is 5.07. The number of rotatable bonds is 7. The molecule has 0 aliphatic carbocycles. The number of sulfonamides is 1. The van der Waals surface area contributed by atoms with Crippen molar-refractivity contribution in [2.45, 2.75) is 24.2 Å². The minimum atomic E-state index is -3.71. The van der Waals surface area contributed by atoms with Crippen molar-refractivity contribution in [2.75, 3.05) is 19.7 Å². The van der Waals surface area contributed by atoms with Gasteiger partial charge in [-0.05, 0) is 49.2 Å². The minimum Gasteiger partial charge on any atom is -0.493 e. The first kappa shape index (κ1) is 20.3. The molecule has 2 N–H and O–H groups in total. The van der Waals surface area contributed by atoms with E-state index in [0.717, 1.165) is 12.1 Å². The van der Waals surface area contributed by atoms with Gasteiger partial charge in [0.1, 0.15) is 11.6 Å². The predicted molar refractivity (Wildman–Crippen MR) is 103 cm³/mol. The summed E-state index contributed by atoms with van der Waals surface area (Å²) in [6.45, 7) is 0.765. The molecule has 28 heavy (non-hydrogen) atoms. The van der Waals surface area contributed by atoms with E-state index in [1.807, 2.05) is 30.3 Å². The molecule has 0 bridgehead atoms. The van der Waals surface area contributed by atoms with Crippen molar-refractivity contribution in [3.8, 4) is 5.75 Å². The maximum atomic E-state index is 13.1. The van der Waals surface area contributed by atoms with E-state index in [9.17, 15) is 17.6 Å². The fourth-order valence-corrected chi connectivity index (χ4v) is 4.89. The molecule has 0 unspecified atom stereocenters. The standard InChI is InChI=1S/C20H23FN2O4S/c21-16-6-8-18(9-7-16)28(25,26)23-12-10-20(11-13-23,14-19(22)24)15-27-17-4-2-1-3-5-17/h1-9H,10-15H2,(H2,22,24). The van der Waals surface area contributed by atoms with Crippen molar-refractivity contribution in [1.29, 1.82) is 0 Å². The number of benzene rings is 2. The Morgan fingerprint density at radius 1 is 1.07 bits per heavy atom. The second-order valence-electron chi connectivity index (χ2n) is 7.10. The topological polar surface area (TPSA) is 89.7 Å². The molecule has 8 heteroatoms. The smallest absolute Gasteiger partial charge is 0.243 e. The molecular weight excluding hydrogens is 383 g/mol. The third kappa shape index (κ3) is 4.69. The van der Waals surface area contributed by atoms with Crippen LogP contribution in [-0.2, 0) is 14.8 Å². The summed E-state index contributed by atoms with van der Waals surface area (Å²) in [6, 6.07) is 14.0. The molecule has 1 aliphatic rings. The Kier molecular flexibility index (Phi) is 6.00. The Morgan fingerprint density at radius 3 is 2.25 bits per heavy atom. The highest BCUT2D eigenvalue weighted by molar-refractivity contribution is 7.89. The first-order valence-corrected chi connectivity index (χ1v) is 10.5. The first-order chi connectivity index (χ1) is 13.3. The summed E-state index contributed by atoms with van der Waals surface area (Å²) in [5.74, 6) is -0.240. The monoisotopic (exact) mass is 406 g/mol. The number of nitrogens with two attached hydrogens (primary N) is 1. The molecule has 0 atom stereocenters. The summed E-state index contributed by atoms with van der Waals surface area (Å²) in [5.41, 5.74) is 4.92. The second-order valence-corrected chi connectivity index (χ2v) is 9.04. The Morgan fingerprint density at radius 2 is 1.68 bits per heavy atom. The van der Waals surface area contributed by atoms with E-state index in [-0.39, 0.29) is 31.0 Å². The highest BCUT2D eigenvalue weighted by Gasteiger charge is 2.40. The number of hydrogen-bond donors (Lipinski definition) is 1. The molecular formula is C20H23FN2O4S. The molecule has 1 heterocycles. The summed E-state index contributed by atoms with van der Waals surface area (Å²) >= 11 is 0. The van der Waals surface area contributed by atoms with Gasteiger partial charge in [0.05, 0.1) is 11.5 Å². The van der Waals surface area contributed by atoms with E-state index in [4.69, 9.17) is 10.5 Å². The van der Waals surface area contributed by atoms with Crippen LogP contribution in [0.15, 0.2) is 59.5 Å². The van der Waals surface area contributed by atoms with Gasteiger partial charge in [-0.2, -0.15) is 4.31 Å². The zero-order chi connectivity index (χ0) is 20.2. The van der Waals surface area contributed by atoms with Crippen LogP contribution < -0.4 is 10.5 Å². The van der Waals surface area contributed by atoms with Gasteiger partial charge in [-0.1, -0.05) is 18.2 Å². The van der Waals surface area contributed by atoms with Crippen molar-refractivity contribution >= 4 is 15.9 Å². The van der Waals surface area contributed by atoms with Crippen molar-refractivity contribution in [2.24, 2.45) is 11.1 Å². The van der Waals surface area contributed by atoms with E-state index in [1.54, 1.807) is 0 Å². The molecule has 1 amide bonds. The van der Waals surface area contributed by atoms with Crippen LogP contribution in [0.3, 0.4) is 0 Å². The average Bonchev–Trinajstić information content (AvgIpc) is 2.67. The van der Waals surface area contributed by atoms with Crippen LogP contribution >= 0.6 is 0 Å². The molecule has 3 rings (SSSR count). The van der Waals surface area contributed by atoms with Crippen molar-refractivity contribution < 1.29 is 22.3 Å². The number of carbonyl (C=O) groups is 1. The van der Waals surface area contributed by atoms with Gasteiger partial charge in [0.15, 0.2) is 0 Å². The van der Waals surface area contributed by atoms with Crippen LogP contribution in [0.25, 0.3) is 0 Å². The highest BCUT2D eigenvalue weighted by Crippen LogP contribution is 2.37. The molecule has 2 aromatic rings. The van der Waals surface area contributed by atoms with Gasteiger partial charge in [-0.3, -0.25) is 4.79 Å². The fourth-order valence-electron chi connectivity index (χ4n) is 3.45. The SMILES string of the molecule is NC(=O)CC1(COc2ccccc2)CCN(S(=O)(=O)c2ccc(F)cc2)CC1. The van der Waals surface area contributed by atoms with E-state index < -0.39 is 27.2 Å². The predicted octanol–water partition coefficient (Wildman–Crippen LogP) is 2.55. The molecule has 2 aromatic carbocycles. The number of halogens is 1. The van der Waals surface area contributed by atoms with Gasteiger partial charge in [-0.25, -0.2) is 12.8 Å². The lowest BCUT2D eigenvalue weighted by molar-refractivity contribution is -0.121. The number of nitrogens with zero attached hydrogens (tertiary/aromatic N) is 1. The Hall–Kier alpha value is -2.45. The summed E-state index contributed by atoms with van der Waals surface area (Å²) in [4.78, 5) is 11.7. The van der Waals surface area contributed by atoms with Crippen LogP contribution in [0.1, 0.15) is 19.3 Å². The van der Waals surface area contributed by atoms with Crippen LogP contribution in [-0.4, -0.2) is 38.3 Å². The van der Waals surface area contributed by atoms with Crippen molar-refractivity contribution in [3.63, 3.8) is 0 Å². The average molecular weight is 406 g/mol. The van der Waals surface area contributed by atoms with Crippen LogP contribution in [0.2, 0.25) is 0 Å². The number of amides is 1. The van der Waals surface area contributed by atoms with Crippen molar-refractivity contribution in [3.05, 3.63) is 60.4 Å².